The average molecular weight is 825 g/mol. The molecule has 13 heteroatoms. The molecule has 312 valence electrons. The number of ketones is 1. The van der Waals surface area contributed by atoms with Crippen molar-refractivity contribution in [2.75, 3.05) is 77.0 Å². The molecule has 2 N–H and O–H groups in total. The van der Waals surface area contributed by atoms with Crippen LogP contribution in [0.3, 0.4) is 0 Å². The van der Waals surface area contributed by atoms with E-state index in [1.54, 1.807) is 19.9 Å². The fourth-order valence-electron chi connectivity index (χ4n) is 11.1. The Morgan fingerprint density at radius 1 is 0.982 bits per heavy atom. The summed E-state index contributed by atoms with van der Waals surface area (Å²) < 4.78 is 36.4. The van der Waals surface area contributed by atoms with Crippen LogP contribution in [0.15, 0.2) is 36.4 Å². The Bertz CT molecular complexity index is 1950. The molecular formula is C44H62ClN5O6S. The number of sulfonamides is 1. The van der Waals surface area contributed by atoms with Crippen LogP contribution in [0.4, 0.5) is 5.69 Å². The number of rotatable bonds is 5. The number of benzene rings is 2. The second kappa shape index (κ2) is 16.4. The highest BCUT2D eigenvalue weighted by atomic mass is 35.5. The van der Waals surface area contributed by atoms with Crippen molar-refractivity contribution in [3.8, 4) is 5.75 Å². The Hall–Kier alpha value is -2.74. The monoisotopic (exact) mass is 823 g/mol. The lowest BCUT2D eigenvalue weighted by molar-refractivity contribution is -0.119. The van der Waals surface area contributed by atoms with E-state index in [9.17, 15) is 23.1 Å². The molecule has 8 rings (SSSR count). The SMILES string of the molecule is CC(=O)CCN1CCN2CCN(CC3(O)CCC[C@H](C)[C@@H](C)S(=O)(=O)NC(=O)c4ccc5c(c4)N(C[C@@H]4CC[C@H]43)C[C@@]3(CCCc4cc(Cl)ccc43)CO5)C[C@@H]2C1. The van der Waals surface area contributed by atoms with Gasteiger partial charge in [-0.05, 0) is 118 Å². The van der Waals surface area contributed by atoms with Gasteiger partial charge in [0.15, 0.2) is 0 Å². The van der Waals surface area contributed by atoms with Gasteiger partial charge in [0.05, 0.1) is 23.1 Å². The predicted octanol–water partition coefficient (Wildman–Crippen LogP) is 5.12. The number of nitrogens with zero attached hydrogens (tertiary/aromatic N) is 4. The molecular weight excluding hydrogens is 762 g/mol. The molecule has 11 nitrogen and oxygen atoms in total. The zero-order chi connectivity index (χ0) is 40.1. The molecule has 1 amide bonds. The highest BCUT2D eigenvalue weighted by Gasteiger charge is 2.50. The summed E-state index contributed by atoms with van der Waals surface area (Å²) in [5.41, 5.74) is 2.34. The van der Waals surface area contributed by atoms with Gasteiger partial charge in [0.2, 0.25) is 10.0 Å². The number of β-amino-alcohol motifs (C(OH)–C–C–N with tert-alkyl or cyclic N) is 1. The van der Waals surface area contributed by atoms with Crippen LogP contribution in [-0.2, 0) is 26.7 Å². The molecule has 0 radical (unpaired) electrons. The van der Waals surface area contributed by atoms with Crippen molar-refractivity contribution >= 4 is 39.0 Å². The Labute approximate surface area is 344 Å². The number of anilines is 1. The quantitative estimate of drug-likeness (QED) is 0.421. The maximum absolute atomic E-state index is 13.7. The minimum absolute atomic E-state index is 0.0748. The number of hydrogen-bond acceptors (Lipinski definition) is 10. The maximum atomic E-state index is 13.7. The molecule has 2 saturated heterocycles. The Morgan fingerprint density at radius 3 is 2.54 bits per heavy atom. The van der Waals surface area contributed by atoms with Crippen molar-refractivity contribution in [2.24, 2.45) is 17.8 Å². The van der Waals surface area contributed by atoms with Gasteiger partial charge >= 0.3 is 0 Å². The molecule has 6 aliphatic rings. The molecule has 4 heterocycles. The lowest BCUT2D eigenvalue weighted by atomic mass is 9.62. The minimum atomic E-state index is -3.97. The van der Waals surface area contributed by atoms with Gasteiger partial charge in [0.25, 0.3) is 5.91 Å². The van der Waals surface area contributed by atoms with E-state index in [4.69, 9.17) is 16.3 Å². The van der Waals surface area contributed by atoms with Gasteiger partial charge in [-0.3, -0.25) is 19.4 Å². The van der Waals surface area contributed by atoms with Gasteiger partial charge in [-0.25, -0.2) is 13.1 Å². The number of ether oxygens (including phenoxy) is 1. The van der Waals surface area contributed by atoms with Crippen LogP contribution in [0.25, 0.3) is 0 Å². The van der Waals surface area contributed by atoms with Crippen molar-refractivity contribution < 1.29 is 27.9 Å². The number of aliphatic hydroxyl groups is 1. The summed E-state index contributed by atoms with van der Waals surface area (Å²) in [6.07, 6.45) is 7.37. The smallest absolute Gasteiger partial charge is 0.264 e. The Morgan fingerprint density at radius 2 is 1.77 bits per heavy atom. The fraction of sp³-hybridized carbons (Fsp3) is 0.682. The van der Waals surface area contributed by atoms with Gasteiger partial charge < -0.3 is 19.6 Å². The number of carbonyl (C=O) groups excluding carboxylic acids is 2. The van der Waals surface area contributed by atoms with E-state index in [0.29, 0.717) is 63.7 Å². The summed E-state index contributed by atoms with van der Waals surface area (Å²) >= 11 is 6.51. The molecule has 1 saturated carbocycles. The normalized spacial score (nSPS) is 33.8. The predicted molar refractivity (Wildman–Crippen MR) is 224 cm³/mol. The summed E-state index contributed by atoms with van der Waals surface area (Å²) in [5.74, 6) is 0.376. The van der Waals surface area contributed by atoms with Crippen LogP contribution in [0.5, 0.6) is 5.75 Å². The first-order valence-electron chi connectivity index (χ1n) is 21.5. The van der Waals surface area contributed by atoms with E-state index in [1.165, 1.54) is 11.1 Å². The number of carbonyl (C=O) groups is 2. The maximum Gasteiger partial charge on any atom is 0.264 e. The Balaban J connectivity index is 1.11. The van der Waals surface area contributed by atoms with Crippen LogP contribution in [-0.4, -0.2) is 129 Å². The third-order valence-electron chi connectivity index (χ3n) is 14.8. The topological polar surface area (TPSA) is 123 Å². The second-order valence-electron chi connectivity index (χ2n) is 18.6. The zero-order valence-electron chi connectivity index (χ0n) is 34.1. The third kappa shape index (κ3) is 8.51. The van der Waals surface area contributed by atoms with E-state index in [1.807, 2.05) is 25.1 Å². The van der Waals surface area contributed by atoms with Crippen LogP contribution in [0.1, 0.15) is 93.6 Å². The van der Waals surface area contributed by atoms with Crippen molar-refractivity contribution in [2.45, 2.75) is 101 Å². The van der Waals surface area contributed by atoms with Crippen LogP contribution >= 0.6 is 11.6 Å². The lowest BCUT2D eigenvalue weighted by Crippen LogP contribution is -2.64. The summed E-state index contributed by atoms with van der Waals surface area (Å²) in [5, 5.41) is 13.0. The van der Waals surface area contributed by atoms with Gasteiger partial charge in [-0.1, -0.05) is 31.0 Å². The highest BCUT2D eigenvalue weighted by molar-refractivity contribution is 7.90. The molecule has 57 heavy (non-hydrogen) atoms. The molecule has 2 bridgehead atoms. The molecule has 3 fully saturated rings. The first-order valence-corrected chi connectivity index (χ1v) is 23.4. The van der Waals surface area contributed by atoms with Crippen LogP contribution < -0.4 is 14.4 Å². The first kappa shape index (κ1) is 41.0. The van der Waals surface area contributed by atoms with E-state index in [-0.39, 0.29) is 34.5 Å². The second-order valence-corrected chi connectivity index (χ2v) is 21.0. The fourth-order valence-corrected chi connectivity index (χ4v) is 12.6. The largest absolute Gasteiger partial charge is 0.490 e. The molecule has 2 aliphatic carbocycles. The number of hydrogen-bond donors (Lipinski definition) is 2. The van der Waals surface area contributed by atoms with Crippen molar-refractivity contribution in [3.05, 3.63) is 58.1 Å². The number of Topliss-reactive ketones (excluding diaryl/α,β-unsaturated/α-hetero) is 1. The third-order valence-corrected chi connectivity index (χ3v) is 16.9. The Kier molecular flexibility index (Phi) is 11.8. The molecule has 4 aliphatic heterocycles. The summed E-state index contributed by atoms with van der Waals surface area (Å²) in [4.78, 5) is 35.3. The number of halogens is 1. The summed E-state index contributed by atoms with van der Waals surface area (Å²) in [6.45, 7) is 14.2. The van der Waals surface area contributed by atoms with E-state index in [2.05, 4.69) is 36.5 Å². The van der Waals surface area contributed by atoms with E-state index in [0.717, 1.165) is 88.6 Å². The van der Waals surface area contributed by atoms with Gasteiger partial charge in [-0.2, -0.15) is 0 Å². The minimum Gasteiger partial charge on any atom is -0.490 e. The van der Waals surface area contributed by atoms with Crippen LogP contribution in [0, 0.1) is 17.8 Å². The molecule has 7 atom stereocenters. The van der Waals surface area contributed by atoms with E-state index < -0.39 is 26.8 Å². The number of nitrogens with one attached hydrogen (secondary N) is 1. The average Bonchev–Trinajstić information content (AvgIpc) is 3.31. The standard InChI is InChI=1S/C44H62ClN5O6S/c1-30-6-4-16-44(53,28-48-19-21-49-20-18-47(17-14-31(2)51)25-37(49)26-48)39-11-8-35(39)24-50-27-43(15-5-7-33-22-36(45)10-12-38(33)43)29-56-41-13-9-34(23-40(41)50)42(52)46-57(54,55)32(30)3/h9-10,12-13,22-23,30,32,35,37,39,53H,4-8,11,14-21,24-29H2,1-3H3,(H,46,52)/t30-,32+,35-,37-,39+,43-,44?/m0/s1. The number of piperazine rings is 2. The van der Waals surface area contributed by atoms with Crippen molar-refractivity contribution in [3.63, 3.8) is 0 Å². The molecule has 1 unspecified atom stereocenters. The van der Waals surface area contributed by atoms with E-state index >= 15 is 0 Å². The number of amides is 1. The first-order chi connectivity index (χ1) is 27.2. The van der Waals surface area contributed by atoms with Crippen molar-refractivity contribution in [1.82, 2.24) is 19.4 Å². The molecule has 2 aromatic rings. The van der Waals surface area contributed by atoms with Gasteiger partial charge in [0.1, 0.15) is 11.5 Å². The highest BCUT2D eigenvalue weighted by Crippen LogP contribution is 2.49. The molecule has 0 aromatic heterocycles. The number of fused-ring (bicyclic) bond motifs is 5. The van der Waals surface area contributed by atoms with Crippen molar-refractivity contribution in [1.29, 1.82) is 0 Å². The van der Waals surface area contributed by atoms with Crippen LogP contribution in [0.2, 0.25) is 5.02 Å². The number of aryl methyl sites for hydroxylation is 1. The van der Waals surface area contributed by atoms with Gasteiger partial charge in [-0.15, -0.1) is 0 Å². The molecule has 1 spiro atoms. The summed E-state index contributed by atoms with van der Waals surface area (Å²) in [7, 11) is -3.97. The zero-order valence-corrected chi connectivity index (χ0v) is 35.6. The summed E-state index contributed by atoms with van der Waals surface area (Å²) in [6, 6.07) is 11.9. The van der Waals surface area contributed by atoms with Gasteiger partial charge in [0, 0.05) is 93.9 Å². The lowest BCUT2D eigenvalue weighted by Gasteiger charge is -2.53. The molecule has 2 aromatic carbocycles.